The first-order chi connectivity index (χ1) is 39.1. The van der Waals surface area contributed by atoms with E-state index in [2.05, 4.69) is 55.6 Å². The first-order valence-electron chi connectivity index (χ1n) is 31.1. The molecule has 9 aliphatic rings. The number of carbonyl (C=O) groups excluding carboxylic acids is 3. The number of epoxide rings is 1. The van der Waals surface area contributed by atoms with Gasteiger partial charge in [0, 0.05) is 69.7 Å². The number of benzene rings is 2. The summed E-state index contributed by atoms with van der Waals surface area (Å²) in [5.74, 6) is 0. The average molecular weight is 1200 g/mol. The third kappa shape index (κ3) is 17.7. The van der Waals surface area contributed by atoms with E-state index in [1.807, 2.05) is 89.1 Å². The van der Waals surface area contributed by atoms with Gasteiger partial charge in [-0.15, -0.1) is 12.4 Å². The van der Waals surface area contributed by atoms with Gasteiger partial charge in [-0.3, -0.25) is 0 Å². The number of hydrogen-bond donors (Lipinski definition) is 2. The van der Waals surface area contributed by atoms with Gasteiger partial charge in [0.1, 0.15) is 16.8 Å². The van der Waals surface area contributed by atoms with E-state index in [-0.39, 0.29) is 71.7 Å². The molecule has 2 aromatic rings. The number of aliphatic hydroxyl groups is 1. The number of nitrogens with one attached hydrogen (secondary N) is 1. The topological polar surface area (TPSA) is 180 Å². The largest absolute Gasteiger partial charge is 0.444 e. The number of nitrogens with zero attached hydrogens (tertiary/aromatic N) is 3. The molecular weight excluding hydrogens is 1090 g/mol. The second-order valence-electron chi connectivity index (χ2n) is 28.9. The maximum absolute atomic E-state index is 12.7. The summed E-state index contributed by atoms with van der Waals surface area (Å²) < 4.78 is 51.2. The molecule has 9 fully saturated rings. The molecule has 0 radical (unpaired) electrons. The van der Waals surface area contributed by atoms with Crippen molar-refractivity contribution in [3.63, 3.8) is 0 Å². The zero-order valence-corrected chi connectivity index (χ0v) is 54.2. The lowest BCUT2D eigenvalue weighted by atomic mass is 9.86. The molecule has 9 heterocycles. The minimum Gasteiger partial charge on any atom is -0.444 e. The minimum absolute atomic E-state index is 0. The molecule has 0 aliphatic carbocycles. The van der Waals surface area contributed by atoms with Crippen LogP contribution in [0.25, 0.3) is 0 Å². The van der Waals surface area contributed by atoms with Crippen molar-refractivity contribution in [1.29, 1.82) is 0 Å². The van der Waals surface area contributed by atoms with Crippen LogP contribution in [0.3, 0.4) is 0 Å². The number of hydrogen-bond acceptors (Lipinski definition) is 14. The Balaban J connectivity index is 0.000000162. The Morgan fingerprint density at radius 1 is 0.512 bits per heavy atom. The Morgan fingerprint density at radius 3 is 1.15 bits per heavy atom. The molecular formula is C66H105ClN4O13. The number of halogens is 1. The molecule has 1 spiro atoms. The van der Waals surface area contributed by atoms with E-state index in [4.69, 9.17) is 42.6 Å². The Morgan fingerprint density at radius 2 is 0.833 bits per heavy atom. The Labute approximate surface area is 508 Å². The lowest BCUT2D eigenvalue weighted by molar-refractivity contribution is -0.141. The molecule has 84 heavy (non-hydrogen) atoms. The Hall–Kier alpha value is -3.78. The smallest absolute Gasteiger partial charge is 0.410 e. The third-order valence-electron chi connectivity index (χ3n) is 18.3. The number of rotatable bonds is 12. The predicted octanol–water partition coefficient (Wildman–Crippen LogP) is 11.9. The summed E-state index contributed by atoms with van der Waals surface area (Å²) >= 11 is 0. The van der Waals surface area contributed by atoms with E-state index in [1.54, 1.807) is 21.3 Å². The van der Waals surface area contributed by atoms with Crippen LogP contribution in [-0.2, 0) is 55.8 Å². The van der Waals surface area contributed by atoms with Crippen LogP contribution < -0.4 is 5.32 Å². The zero-order chi connectivity index (χ0) is 60.2. The molecule has 17 nitrogen and oxygen atoms in total. The standard InChI is InChI=1S/C22H33NO4.C17H25NO2.C14H25NO4.C13H21NO3.ClH/c1-16-8-6-7-9-17(16)14-26-22(15-25-5)12-18-10-11-19(13-22)23(18)20(24)27-21(2,3)4;1-13-5-3-4-6-14(13)11-20-17(12-19-2)9-15-7-8-16(10-17)18-15;1-13(2,3)19-12(16)15-10-5-6-11(15)8-14(17,7-10)9-18-4;1-12(2,3)17-11(15)14-9-4-5-10(14)7-13(6-9)8-16-13;/h6-9,18-19H,10-15H2,1-5H3;3-6,15-16,18H,7-12H2,1-2H3;10-11,17H,5-9H2,1-4H3;9-10H,4-8H2,1-3H3;1H. The number of amides is 3. The molecule has 8 unspecified atom stereocenters. The molecule has 8 bridgehead atoms. The molecule has 474 valence electrons. The summed E-state index contributed by atoms with van der Waals surface area (Å²) in [5.41, 5.74) is 2.57. The second kappa shape index (κ2) is 27.7. The number of fused-ring (bicyclic) bond motifs is 8. The van der Waals surface area contributed by atoms with Crippen LogP contribution in [0.5, 0.6) is 0 Å². The number of carbonyl (C=O) groups is 3. The van der Waals surface area contributed by atoms with Gasteiger partial charge in [-0.2, -0.15) is 0 Å². The number of methoxy groups -OCH3 is 3. The number of piperidine rings is 4. The van der Waals surface area contributed by atoms with Crippen molar-refractivity contribution < 1.29 is 62.1 Å². The molecule has 11 rings (SSSR count). The summed E-state index contributed by atoms with van der Waals surface area (Å²) in [4.78, 5) is 42.9. The van der Waals surface area contributed by atoms with Crippen molar-refractivity contribution in [1.82, 2.24) is 20.0 Å². The molecule has 2 N–H and O–H groups in total. The van der Waals surface area contributed by atoms with E-state index in [9.17, 15) is 19.5 Å². The highest BCUT2D eigenvalue weighted by atomic mass is 35.5. The van der Waals surface area contributed by atoms with E-state index >= 15 is 0 Å². The van der Waals surface area contributed by atoms with E-state index in [0.717, 1.165) is 83.7 Å². The molecule has 8 atom stereocenters. The molecule has 9 saturated heterocycles. The van der Waals surface area contributed by atoms with Crippen molar-refractivity contribution in [3.8, 4) is 0 Å². The van der Waals surface area contributed by atoms with E-state index < -0.39 is 22.4 Å². The number of ether oxygens (including phenoxy) is 9. The van der Waals surface area contributed by atoms with E-state index in [1.165, 1.54) is 35.1 Å². The van der Waals surface area contributed by atoms with Crippen LogP contribution in [0, 0.1) is 13.8 Å². The highest BCUT2D eigenvalue weighted by molar-refractivity contribution is 5.85. The monoisotopic (exact) mass is 1200 g/mol. The fraction of sp³-hybridized carbons (Fsp3) is 0.773. The van der Waals surface area contributed by atoms with Gasteiger partial charge in [-0.25, -0.2) is 14.4 Å². The highest BCUT2D eigenvalue weighted by Gasteiger charge is 2.58. The fourth-order valence-corrected chi connectivity index (χ4v) is 14.8. The summed E-state index contributed by atoms with van der Waals surface area (Å²) in [6.07, 6.45) is 15.0. The van der Waals surface area contributed by atoms with Crippen LogP contribution >= 0.6 is 12.4 Å². The zero-order valence-electron chi connectivity index (χ0n) is 53.4. The first kappa shape index (κ1) is 67.7. The summed E-state index contributed by atoms with van der Waals surface area (Å²) in [7, 11) is 5.10. The highest BCUT2D eigenvalue weighted by Crippen LogP contribution is 2.50. The quantitative estimate of drug-likeness (QED) is 0.151. The van der Waals surface area contributed by atoms with Gasteiger partial charge in [0.05, 0.1) is 62.0 Å². The van der Waals surface area contributed by atoms with Gasteiger partial charge in [0.2, 0.25) is 0 Å². The van der Waals surface area contributed by atoms with E-state index in [0.29, 0.717) is 70.0 Å². The Kier molecular flexibility index (Phi) is 22.4. The predicted molar refractivity (Wildman–Crippen MR) is 325 cm³/mol. The Bertz CT molecular complexity index is 2430. The van der Waals surface area contributed by atoms with Crippen molar-refractivity contribution in [2.24, 2.45) is 0 Å². The molecule has 0 saturated carbocycles. The lowest BCUT2D eigenvalue weighted by Crippen LogP contribution is -2.56. The molecule has 0 aromatic heterocycles. The van der Waals surface area contributed by atoms with Gasteiger partial charge in [-0.1, -0.05) is 48.5 Å². The molecule has 9 aliphatic heterocycles. The molecule has 2 aromatic carbocycles. The fourth-order valence-electron chi connectivity index (χ4n) is 14.8. The number of aryl methyl sites for hydroxylation is 2. The summed E-state index contributed by atoms with van der Waals surface area (Å²) in [6, 6.07) is 19.1. The third-order valence-corrected chi connectivity index (χ3v) is 18.3. The first-order valence-corrected chi connectivity index (χ1v) is 31.1. The second-order valence-corrected chi connectivity index (χ2v) is 28.9. The molecule has 3 amide bonds. The summed E-state index contributed by atoms with van der Waals surface area (Å²) in [5, 5.41) is 14.2. The van der Waals surface area contributed by atoms with Gasteiger partial charge in [-0.05, 0) is 201 Å². The minimum atomic E-state index is -0.793. The van der Waals surface area contributed by atoms with Crippen LogP contribution in [0.15, 0.2) is 48.5 Å². The maximum atomic E-state index is 12.7. The van der Waals surface area contributed by atoms with Crippen LogP contribution in [0.4, 0.5) is 14.4 Å². The van der Waals surface area contributed by atoms with Gasteiger partial charge < -0.3 is 67.8 Å². The SMILES string of the molecule is CC(C)(C)OC(=O)N1C2CCC1CC1(CO1)C2.COCC1(O)CC2CCC(C1)N2C(=O)OC(C)(C)C.COCC1(OCc2ccccc2C)CC2CCC(C1)N2.COCC1(OCc2ccccc2C)CC2CCC(C1)N2C(=O)OC(C)(C)C.Cl. The normalized spacial score (nSPS) is 32.4. The van der Waals surface area contributed by atoms with Crippen molar-refractivity contribution in [2.45, 2.75) is 280 Å². The molecule has 18 heteroatoms. The van der Waals surface area contributed by atoms with Gasteiger partial charge in [0.25, 0.3) is 0 Å². The summed E-state index contributed by atoms with van der Waals surface area (Å²) in [6.45, 7) is 25.1. The van der Waals surface area contributed by atoms with Gasteiger partial charge >= 0.3 is 18.3 Å². The van der Waals surface area contributed by atoms with Crippen LogP contribution in [-0.4, -0.2) is 173 Å². The van der Waals surface area contributed by atoms with Crippen molar-refractivity contribution in [2.75, 3.05) is 47.8 Å². The van der Waals surface area contributed by atoms with Crippen LogP contribution in [0.2, 0.25) is 0 Å². The van der Waals surface area contributed by atoms with Crippen molar-refractivity contribution >= 4 is 30.7 Å². The van der Waals surface area contributed by atoms with Crippen LogP contribution in [0.1, 0.15) is 187 Å². The maximum Gasteiger partial charge on any atom is 0.410 e. The average Bonchev–Trinajstić information content (AvgIpc) is 1.75. The van der Waals surface area contributed by atoms with Gasteiger partial charge in [0.15, 0.2) is 0 Å². The van der Waals surface area contributed by atoms with Crippen molar-refractivity contribution in [3.05, 3.63) is 70.8 Å². The lowest BCUT2D eigenvalue weighted by Gasteiger charge is -2.46.